The molecule has 0 aromatic carbocycles. The number of nitrogens with zero attached hydrogens (tertiary/aromatic N) is 1. The highest BCUT2D eigenvalue weighted by Crippen LogP contribution is 2.45. The summed E-state index contributed by atoms with van der Waals surface area (Å²) in [5.74, 6) is -0.00364. The van der Waals surface area contributed by atoms with Gasteiger partial charge >= 0.3 is 0 Å². The zero-order chi connectivity index (χ0) is 14.2. The van der Waals surface area contributed by atoms with E-state index in [0.717, 1.165) is 11.5 Å². The highest BCUT2D eigenvalue weighted by molar-refractivity contribution is 7.19. The number of primary amides is 1. The minimum Gasteiger partial charge on any atom is -0.492 e. The molecule has 1 aromatic heterocycles. The van der Waals surface area contributed by atoms with Crippen LogP contribution >= 0.6 is 11.3 Å². The van der Waals surface area contributed by atoms with E-state index in [4.69, 9.17) is 20.9 Å². The Morgan fingerprint density at radius 2 is 2.21 bits per heavy atom. The number of carbonyl (C=O) groups is 1. The summed E-state index contributed by atoms with van der Waals surface area (Å²) in [6.07, 6.45) is 0. The molecule has 1 aromatic rings. The van der Waals surface area contributed by atoms with Gasteiger partial charge in [-0.3, -0.25) is 4.79 Å². The van der Waals surface area contributed by atoms with Crippen molar-refractivity contribution in [3.8, 4) is 5.75 Å². The normalized spacial score (nSPS) is 18.4. The van der Waals surface area contributed by atoms with Crippen LogP contribution in [0.15, 0.2) is 0 Å². The van der Waals surface area contributed by atoms with E-state index in [1.165, 1.54) is 18.4 Å². The van der Waals surface area contributed by atoms with Gasteiger partial charge < -0.3 is 25.8 Å². The smallest absolute Gasteiger partial charge is 0.261 e. The Kier molecular flexibility index (Phi) is 3.60. The highest BCUT2D eigenvalue weighted by Gasteiger charge is 2.31. The predicted molar refractivity (Wildman–Crippen MR) is 76.0 cm³/mol. The number of rotatable bonds is 3. The second-order valence-corrected chi connectivity index (χ2v) is 6.08. The van der Waals surface area contributed by atoms with Crippen molar-refractivity contribution in [2.45, 2.75) is 19.4 Å². The van der Waals surface area contributed by atoms with Crippen molar-refractivity contribution in [1.82, 2.24) is 0 Å². The lowest BCUT2D eigenvalue weighted by Gasteiger charge is -2.38. The summed E-state index contributed by atoms with van der Waals surface area (Å²) in [6.45, 7) is 6.12. The largest absolute Gasteiger partial charge is 0.492 e. The molecule has 19 heavy (non-hydrogen) atoms. The molecule has 1 fully saturated rings. The van der Waals surface area contributed by atoms with E-state index in [1.807, 2.05) is 13.8 Å². The van der Waals surface area contributed by atoms with Crippen molar-refractivity contribution in [3.05, 3.63) is 4.88 Å². The molecule has 0 aliphatic carbocycles. The molecule has 2 rings (SSSR count). The van der Waals surface area contributed by atoms with Gasteiger partial charge in [0.05, 0.1) is 19.3 Å². The molecule has 1 saturated heterocycles. The Hall–Kier alpha value is -1.47. The summed E-state index contributed by atoms with van der Waals surface area (Å²) in [7, 11) is 1.54. The van der Waals surface area contributed by atoms with Crippen molar-refractivity contribution in [2.75, 3.05) is 37.4 Å². The van der Waals surface area contributed by atoms with Gasteiger partial charge in [0.2, 0.25) is 0 Å². The molecule has 106 valence electrons. The van der Waals surface area contributed by atoms with Crippen LogP contribution in [0.1, 0.15) is 23.5 Å². The topological polar surface area (TPSA) is 90.8 Å². The minimum absolute atomic E-state index is 0.241. The molecule has 0 unspecified atom stereocenters. The lowest BCUT2D eigenvalue weighted by molar-refractivity contribution is -0.0275. The molecule has 0 bridgehead atoms. The van der Waals surface area contributed by atoms with E-state index in [-0.39, 0.29) is 5.60 Å². The highest BCUT2D eigenvalue weighted by atomic mass is 32.1. The molecule has 7 heteroatoms. The molecule has 0 radical (unpaired) electrons. The average Bonchev–Trinajstić information content (AvgIpc) is 2.65. The van der Waals surface area contributed by atoms with Gasteiger partial charge in [-0.15, -0.1) is 11.3 Å². The quantitative estimate of drug-likeness (QED) is 0.866. The summed E-state index contributed by atoms with van der Waals surface area (Å²) < 4.78 is 11.0. The summed E-state index contributed by atoms with van der Waals surface area (Å²) in [4.78, 5) is 13.8. The van der Waals surface area contributed by atoms with Crippen molar-refractivity contribution >= 4 is 27.9 Å². The number of amides is 1. The Balaban J connectivity index is 2.39. The molecule has 4 N–H and O–H groups in total. The van der Waals surface area contributed by atoms with Crippen LogP contribution in [0.25, 0.3) is 0 Å². The van der Waals surface area contributed by atoms with Crippen molar-refractivity contribution < 1.29 is 14.3 Å². The molecule has 0 spiro atoms. The fourth-order valence-corrected chi connectivity index (χ4v) is 3.26. The van der Waals surface area contributed by atoms with Gasteiger partial charge in [-0.25, -0.2) is 0 Å². The van der Waals surface area contributed by atoms with Crippen LogP contribution in [-0.2, 0) is 4.74 Å². The molecule has 2 heterocycles. The zero-order valence-electron chi connectivity index (χ0n) is 11.4. The van der Waals surface area contributed by atoms with E-state index in [0.29, 0.717) is 29.5 Å². The number of nitrogens with two attached hydrogens (primary N) is 2. The van der Waals surface area contributed by atoms with Gasteiger partial charge in [0, 0.05) is 13.1 Å². The molecule has 1 aliphatic heterocycles. The second kappa shape index (κ2) is 4.90. The molecule has 0 saturated carbocycles. The third-order valence-electron chi connectivity index (χ3n) is 3.02. The summed E-state index contributed by atoms with van der Waals surface area (Å²) in [6, 6.07) is 0. The standard InChI is InChI=1S/C12H19N3O3S/c1-12(2)6-15(4-5-18-12)11-8(17-3)7(13)9(19-11)10(14)16/h4-6,13H2,1-3H3,(H2,14,16). The number of methoxy groups -OCH3 is 1. The number of nitrogen functional groups attached to an aromatic ring is 1. The number of morpholine rings is 1. The van der Waals surface area contributed by atoms with Gasteiger partial charge in [0.1, 0.15) is 15.6 Å². The monoisotopic (exact) mass is 285 g/mol. The van der Waals surface area contributed by atoms with Crippen LogP contribution in [0.4, 0.5) is 10.7 Å². The zero-order valence-corrected chi connectivity index (χ0v) is 12.2. The molecule has 6 nitrogen and oxygen atoms in total. The first kappa shape index (κ1) is 14.0. The van der Waals surface area contributed by atoms with Gasteiger partial charge in [0.15, 0.2) is 5.75 Å². The number of ether oxygens (including phenoxy) is 2. The maximum atomic E-state index is 11.4. The molecular weight excluding hydrogens is 266 g/mol. The van der Waals surface area contributed by atoms with Gasteiger partial charge in [-0.05, 0) is 13.8 Å². The van der Waals surface area contributed by atoms with E-state index in [1.54, 1.807) is 0 Å². The second-order valence-electron chi connectivity index (χ2n) is 5.08. The first-order chi connectivity index (χ1) is 8.85. The number of thiophene rings is 1. The molecular formula is C12H19N3O3S. The number of carbonyl (C=O) groups excluding carboxylic acids is 1. The lowest BCUT2D eigenvalue weighted by atomic mass is 10.1. The van der Waals surface area contributed by atoms with Crippen LogP contribution in [0.5, 0.6) is 5.75 Å². The number of hydrogen-bond acceptors (Lipinski definition) is 6. The number of anilines is 2. The SMILES string of the molecule is COc1c(N2CCOC(C)(C)C2)sc(C(N)=O)c1N. The molecule has 1 amide bonds. The Morgan fingerprint density at radius 3 is 2.74 bits per heavy atom. The summed E-state index contributed by atoms with van der Waals surface area (Å²) >= 11 is 1.27. The van der Waals surface area contributed by atoms with Crippen LogP contribution in [0.3, 0.4) is 0 Å². The summed E-state index contributed by atoms with van der Waals surface area (Å²) in [5, 5.41) is 0.838. The number of hydrogen-bond donors (Lipinski definition) is 2. The Labute approximate surface area is 116 Å². The van der Waals surface area contributed by atoms with Crippen LogP contribution in [0, 0.1) is 0 Å². The van der Waals surface area contributed by atoms with Crippen molar-refractivity contribution in [3.63, 3.8) is 0 Å². The molecule has 1 aliphatic rings. The van der Waals surface area contributed by atoms with E-state index < -0.39 is 5.91 Å². The molecule has 0 atom stereocenters. The van der Waals surface area contributed by atoms with Crippen LogP contribution in [-0.4, -0.2) is 38.3 Å². The maximum Gasteiger partial charge on any atom is 0.261 e. The Morgan fingerprint density at radius 1 is 1.53 bits per heavy atom. The predicted octanol–water partition coefficient (Wildman–Crippen LogP) is 1.05. The van der Waals surface area contributed by atoms with Crippen molar-refractivity contribution in [1.29, 1.82) is 0 Å². The van der Waals surface area contributed by atoms with Gasteiger partial charge in [-0.1, -0.05) is 0 Å². The van der Waals surface area contributed by atoms with Crippen LogP contribution in [0.2, 0.25) is 0 Å². The average molecular weight is 285 g/mol. The maximum absolute atomic E-state index is 11.4. The summed E-state index contributed by atoms with van der Waals surface area (Å²) in [5.41, 5.74) is 11.3. The van der Waals surface area contributed by atoms with Gasteiger partial charge in [0.25, 0.3) is 5.91 Å². The third-order valence-corrected chi connectivity index (χ3v) is 4.29. The fraction of sp³-hybridized carbons (Fsp3) is 0.583. The van der Waals surface area contributed by atoms with Gasteiger partial charge in [-0.2, -0.15) is 0 Å². The first-order valence-corrected chi connectivity index (χ1v) is 6.82. The van der Waals surface area contributed by atoms with E-state index in [9.17, 15) is 4.79 Å². The third kappa shape index (κ3) is 2.62. The Bertz CT molecular complexity index is 499. The van der Waals surface area contributed by atoms with E-state index >= 15 is 0 Å². The van der Waals surface area contributed by atoms with Crippen LogP contribution < -0.4 is 21.1 Å². The fourth-order valence-electron chi connectivity index (χ4n) is 2.19. The van der Waals surface area contributed by atoms with Crippen molar-refractivity contribution in [2.24, 2.45) is 5.73 Å². The lowest BCUT2D eigenvalue weighted by Crippen LogP contribution is -2.48. The van der Waals surface area contributed by atoms with E-state index in [2.05, 4.69) is 4.90 Å². The first-order valence-electron chi connectivity index (χ1n) is 6.00. The minimum atomic E-state index is -0.528.